The highest BCUT2D eigenvalue weighted by Gasteiger charge is 2.10. The van der Waals surface area contributed by atoms with Crippen molar-refractivity contribution in [2.45, 2.75) is 0 Å². The van der Waals surface area contributed by atoms with Crippen LogP contribution in [0.2, 0.25) is 0 Å². The fourth-order valence-electron chi connectivity index (χ4n) is 4.41. The van der Waals surface area contributed by atoms with Crippen LogP contribution in [0.1, 0.15) is 10.4 Å². The van der Waals surface area contributed by atoms with Crippen LogP contribution in [0.3, 0.4) is 0 Å². The number of benzene rings is 6. The fraction of sp³-hybridized carbons (Fsp3) is 0. The molecule has 0 amide bonds. The van der Waals surface area contributed by atoms with E-state index in [1.54, 1.807) is 12.1 Å². The van der Waals surface area contributed by atoms with Gasteiger partial charge in [-0.25, -0.2) is 4.79 Å². The molecule has 0 aliphatic rings. The summed E-state index contributed by atoms with van der Waals surface area (Å²) in [5.41, 5.74) is 0.342. The van der Waals surface area contributed by atoms with Gasteiger partial charge in [0, 0.05) is 0 Å². The van der Waals surface area contributed by atoms with Gasteiger partial charge in [-0.15, -0.1) is 0 Å². The largest absolute Gasteiger partial charge is 0.478 e. The molecule has 0 saturated heterocycles. The number of hydrogen-bond acceptors (Lipinski definition) is 1. The molecule has 6 aromatic rings. The Hall–Kier alpha value is -3.91. The molecule has 0 spiro atoms. The van der Waals surface area contributed by atoms with Crippen molar-refractivity contribution in [1.82, 2.24) is 0 Å². The summed E-state index contributed by atoms with van der Waals surface area (Å²) in [6.07, 6.45) is 0. The lowest BCUT2D eigenvalue weighted by molar-refractivity contribution is 0.0699. The number of aromatic carboxylic acids is 1. The molecule has 1 N–H and O–H groups in total. The van der Waals surface area contributed by atoms with E-state index in [4.69, 9.17) is 0 Å². The maximum atomic E-state index is 11.6. The molecule has 6 aromatic carbocycles. The molecule has 29 heavy (non-hydrogen) atoms. The molecule has 6 rings (SSSR count). The topological polar surface area (TPSA) is 37.3 Å². The minimum Gasteiger partial charge on any atom is -0.478 e. The molecule has 0 aliphatic heterocycles. The first kappa shape index (κ1) is 16.1. The van der Waals surface area contributed by atoms with E-state index in [-0.39, 0.29) is 0 Å². The minimum atomic E-state index is -0.895. The van der Waals surface area contributed by atoms with Crippen LogP contribution in [0.5, 0.6) is 0 Å². The van der Waals surface area contributed by atoms with Gasteiger partial charge in [0.05, 0.1) is 5.56 Å². The quantitative estimate of drug-likeness (QED) is 0.311. The lowest BCUT2D eigenvalue weighted by Crippen LogP contribution is -1.97. The normalized spacial score (nSPS) is 11.7. The standard InChI is InChI=1S/C27H16O2/c28-27(29)25-7-3-6-18-10-21-13-22-11-19-8-16-4-1-2-5-17(16)9-20(19)12-23(22)14-24(21)15-26(18)25/h1-15H,(H,28,29). The van der Waals surface area contributed by atoms with Crippen LogP contribution in [0.15, 0.2) is 91.0 Å². The molecule has 0 fully saturated rings. The third-order valence-corrected chi connectivity index (χ3v) is 5.84. The molecule has 0 heterocycles. The Balaban J connectivity index is 1.69. The number of hydrogen-bond donors (Lipinski definition) is 1. The number of carbonyl (C=O) groups is 1. The molecule has 0 radical (unpaired) electrons. The summed E-state index contributed by atoms with van der Waals surface area (Å²) in [6, 6.07) is 31.2. The van der Waals surface area contributed by atoms with Crippen LogP contribution in [0, 0.1) is 0 Å². The van der Waals surface area contributed by atoms with Crippen LogP contribution >= 0.6 is 0 Å². The zero-order valence-electron chi connectivity index (χ0n) is 15.5. The molecule has 136 valence electrons. The van der Waals surface area contributed by atoms with Gasteiger partial charge in [0.2, 0.25) is 0 Å². The van der Waals surface area contributed by atoms with Gasteiger partial charge in [-0.1, -0.05) is 36.4 Å². The summed E-state index contributed by atoms with van der Waals surface area (Å²) >= 11 is 0. The van der Waals surface area contributed by atoms with E-state index in [0.29, 0.717) is 5.56 Å². The maximum absolute atomic E-state index is 11.6. The average Bonchev–Trinajstić information content (AvgIpc) is 2.72. The van der Waals surface area contributed by atoms with E-state index >= 15 is 0 Å². The predicted molar refractivity (Wildman–Crippen MR) is 121 cm³/mol. The van der Waals surface area contributed by atoms with Gasteiger partial charge in [-0.3, -0.25) is 0 Å². The van der Waals surface area contributed by atoms with E-state index in [1.807, 2.05) is 12.1 Å². The summed E-state index contributed by atoms with van der Waals surface area (Å²) < 4.78 is 0. The molecular formula is C27H16O2. The van der Waals surface area contributed by atoms with Gasteiger partial charge in [-0.05, 0) is 108 Å². The van der Waals surface area contributed by atoms with E-state index < -0.39 is 5.97 Å². The SMILES string of the molecule is O=C(O)c1cccc2cc3cc4cc5cc6ccccc6cc5cc4cc3cc12. The van der Waals surface area contributed by atoms with Crippen molar-refractivity contribution in [2.24, 2.45) is 0 Å². The van der Waals surface area contributed by atoms with Crippen LogP contribution in [0.4, 0.5) is 0 Å². The maximum Gasteiger partial charge on any atom is 0.336 e. The molecule has 2 heteroatoms. The molecule has 0 saturated carbocycles. The highest BCUT2D eigenvalue weighted by Crippen LogP contribution is 2.32. The molecule has 0 bridgehead atoms. The van der Waals surface area contributed by atoms with Crippen molar-refractivity contribution >= 4 is 59.8 Å². The first-order chi connectivity index (χ1) is 14.2. The van der Waals surface area contributed by atoms with E-state index in [1.165, 1.54) is 26.9 Å². The van der Waals surface area contributed by atoms with E-state index in [0.717, 1.165) is 26.9 Å². The number of rotatable bonds is 1. The Labute approximate surface area is 166 Å². The summed E-state index contributed by atoms with van der Waals surface area (Å²) in [5, 5.41) is 20.7. The third kappa shape index (κ3) is 2.46. The second-order valence-electron chi connectivity index (χ2n) is 7.63. The monoisotopic (exact) mass is 372 g/mol. The van der Waals surface area contributed by atoms with Crippen LogP contribution in [-0.2, 0) is 0 Å². The van der Waals surface area contributed by atoms with Crippen LogP contribution in [0.25, 0.3) is 53.9 Å². The second-order valence-corrected chi connectivity index (χ2v) is 7.63. The summed E-state index contributed by atoms with van der Waals surface area (Å²) in [4.78, 5) is 11.6. The van der Waals surface area contributed by atoms with Gasteiger partial charge in [-0.2, -0.15) is 0 Å². The molecule has 0 aliphatic carbocycles. The molecule has 0 unspecified atom stereocenters. The Morgan fingerprint density at radius 2 is 0.897 bits per heavy atom. The summed E-state index contributed by atoms with van der Waals surface area (Å²) in [6.45, 7) is 0. The fourth-order valence-corrected chi connectivity index (χ4v) is 4.41. The average molecular weight is 372 g/mol. The minimum absolute atomic E-state index is 0.342. The van der Waals surface area contributed by atoms with Gasteiger partial charge in [0.15, 0.2) is 0 Å². The Kier molecular flexibility index (Phi) is 3.21. The smallest absolute Gasteiger partial charge is 0.336 e. The number of fused-ring (bicyclic) bond motifs is 5. The number of carboxylic acid groups (broad SMARTS) is 1. The Morgan fingerprint density at radius 3 is 1.41 bits per heavy atom. The van der Waals surface area contributed by atoms with E-state index in [2.05, 4.69) is 66.7 Å². The van der Waals surface area contributed by atoms with Crippen molar-refractivity contribution in [3.05, 3.63) is 96.6 Å². The Morgan fingerprint density at radius 1 is 0.483 bits per heavy atom. The summed E-state index contributed by atoms with van der Waals surface area (Å²) in [5.74, 6) is -0.895. The van der Waals surface area contributed by atoms with Gasteiger partial charge >= 0.3 is 5.97 Å². The molecular weight excluding hydrogens is 356 g/mol. The van der Waals surface area contributed by atoms with Gasteiger partial charge in [0.25, 0.3) is 0 Å². The van der Waals surface area contributed by atoms with Crippen LogP contribution in [-0.4, -0.2) is 11.1 Å². The van der Waals surface area contributed by atoms with Crippen molar-refractivity contribution < 1.29 is 9.90 Å². The molecule has 0 aromatic heterocycles. The van der Waals surface area contributed by atoms with Gasteiger partial charge < -0.3 is 5.11 Å². The lowest BCUT2D eigenvalue weighted by Gasteiger charge is -2.09. The molecule has 2 nitrogen and oxygen atoms in total. The summed E-state index contributed by atoms with van der Waals surface area (Å²) in [7, 11) is 0. The zero-order chi connectivity index (χ0) is 19.5. The molecule has 0 atom stereocenters. The lowest BCUT2D eigenvalue weighted by atomic mass is 9.95. The second kappa shape index (κ2) is 5.79. The third-order valence-electron chi connectivity index (χ3n) is 5.84. The predicted octanol–water partition coefficient (Wildman–Crippen LogP) is 7.15. The Bertz CT molecular complexity index is 1630. The number of carboxylic acids is 1. The van der Waals surface area contributed by atoms with Crippen molar-refractivity contribution in [3.63, 3.8) is 0 Å². The zero-order valence-corrected chi connectivity index (χ0v) is 15.5. The highest BCUT2D eigenvalue weighted by atomic mass is 16.4. The first-order valence-corrected chi connectivity index (χ1v) is 9.62. The first-order valence-electron chi connectivity index (χ1n) is 9.62. The van der Waals surface area contributed by atoms with Crippen molar-refractivity contribution in [2.75, 3.05) is 0 Å². The van der Waals surface area contributed by atoms with Crippen LogP contribution < -0.4 is 0 Å². The van der Waals surface area contributed by atoms with E-state index in [9.17, 15) is 9.90 Å². The van der Waals surface area contributed by atoms with Crippen molar-refractivity contribution in [1.29, 1.82) is 0 Å². The van der Waals surface area contributed by atoms with Gasteiger partial charge in [0.1, 0.15) is 0 Å². The highest BCUT2D eigenvalue weighted by molar-refractivity contribution is 6.12. The van der Waals surface area contributed by atoms with Crippen molar-refractivity contribution in [3.8, 4) is 0 Å².